The smallest absolute Gasteiger partial charge is 0.303 e. The molecule has 0 bridgehead atoms. The molecule has 2 saturated heterocycles. The quantitative estimate of drug-likeness (QED) is 0.164. The van der Waals surface area contributed by atoms with Gasteiger partial charge in [0.05, 0.1) is 45.5 Å². The van der Waals surface area contributed by atoms with Crippen molar-refractivity contribution in [3.05, 3.63) is 61.3 Å². The number of rotatable bonds is 9. The summed E-state index contributed by atoms with van der Waals surface area (Å²) in [5.41, 5.74) is -0.0112. The molecule has 2 heterocycles. The zero-order valence-corrected chi connectivity index (χ0v) is 29.9. The lowest BCUT2D eigenvalue weighted by molar-refractivity contribution is -0.141. The van der Waals surface area contributed by atoms with Gasteiger partial charge in [0, 0.05) is 23.4 Å². The van der Waals surface area contributed by atoms with E-state index < -0.39 is 58.6 Å². The summed E-state index contributed by atoms with van der Waals surface area (Å²) in [6.45, 7) is 1.88. The second kappa shape index (κ2) is 12.9. The van der Waals surface area contributed by atoms with Gasteiger partial charge in [0.25, 0.3) is 0 Å². The first kappa shape index (κ1) is 34.6. The predicted molar refractivity (Wildman–Crippen MR) is 179 cm³/mol. The number of hydrogen-bond donors (Lipinski definition) is 2. The van der Waals surface area contributed by atoms with Crippen molar-refractivity contribution in [1.29, 1.82) is 0 Å². The second-order valence-corrected chi connectivity index (χ2v) is 14.9. The van der Waals surface area contributed by atoms with E-state index in [1.165, 1.54) is 24.1 Å². The fourth-order valence-electron chi connectivity index (χ4n) is 8.22. The molecule has 10 nitrogen and oxygen atoms in total. The Balaban J connectivity index is 1.45. The first-order valence-corrected chi connectivity index (χ1v) is 17.6. The van der Waals surface area contributed by atoms with Crippen LogP contribution < -0.4 is 9.64 Å². The minimum Gasteiger partial charge on any atom is -0.503 e. The predicted octanol–water partition coefficient (Wildman–Crippen LogP) is 6.59. The summed E-state index contributed by atoms with van der Waals surface area (Å²) in [7, 11) is 1.39. The third-order valence-electron chi connectivity index (χ3n) is 10.5. The number of hydrogen-bond acceptors (Lipinski definition) is 7. The summed E-state index contributed by atoms with van der Waals surface area (Å²) in [5.74, 6) is -7.06. The molecule has 2 aromatic rings. The number of carboxylic acid groups (broad SMARTS) is 1. The molecule has 6 unspecified atom stereocenters. The van der Waals surface area contributed by atoms with Gasteiger partial charge < -0.3 is 14.9 Å². The number of methoxy groups -OCH3 is 1. The van der Waals surface area contributed by atoms with Crippen molar-refractivity contribution in [2.24, 2.45) is 29.1 Å². The van der Waals surface area contributed by atoms with E-state index in [9.17, 15) is 33.5 Å². The molecule has 6 rings (SSSR count). The maximum absolute atomic E-state index is 14.6. The number of likely N-dealkylation sites (tertiary alicyclic amines) is 1. The number of halogens is 4. The number of aliphatic carboxylic acids is 1. The lowest BCUT2D eigenvalue weighted by atomic mass is 9.51. The van der Waals surface area contributed by atoms with Gasteiger partial charge in [-0.25, -0.2) is 9.29 Å². The lowest BCUT2D eigenvalue weighted by Crippen LogP contribution is -2.49. The molecule has 0 aromatic heterocycles. The molecule has 0 radical (unpaired) electrons. The molecule has 4 amide bonds. The molecular weight excluding hydrogens is 779 g/mol. The Labute approximate surface area is 297 Å². The van der Waals surface area contributed by atoms with Crippen LogP contribution in [0.3, 0.4) is 0 Å². The van der Waals surface area contributed by atoms with E-state index in [1.807, 2.05) is 6.08 Å². The fraction of sp³-hybridized carbons (Fsp3) is 0.441. The van der Waals surface area contributed by atoms with Crippen molar-refractivity contribution in [2.75, 3.05) is 18.6 Å². The highest BCUT2D eigenvalue weighted by Gasteiger charge is 2.68. The van der Waals surface area contributed by atoms with E-state index in [1.54, 1.807) is 13.0 Å². The summed E-state index contributed by atoms with van der Waals surface area (Å²) >= 11 is 13.1. The minimum absolute atomic E-state index is 0.00561. The van der Waals surface area contributed by atoms with Gasteiger partial charge in [-0.2, -0.15) is 0 Å². The van der Waals surface area contributed by atoms with E-state index in [4.69, 9.17) is 21.4 Å². The summed E-state index contributed by atoms with van der Waals surface area (Å²) in [6.07, 6.45) is 3.73. The Hall–Kier alpha value is -3.29. The Morgan fingerprint density at radius 3 is 2.46 bits per heavy atom. The molecule has 4 aliphatic rings. The van der Waals surface area contributed by atoms with E-state index in [0.717, 1.165) is 16.5 Å². The number of fused-ring (bicyclic) bond motifs is 4. The molecular formula is C34H32Br2ClFN2O8. The number of carboxylic acids is 1. The zero-order chi connectivity index (χ0) is 34.8. The molecule has 14 heteroatoms. The van der Waals surface area contributed by atoms with Crippen molar-refractivity contribution >= 4 is 78.7 Å². The number of carbonyl (C=O) groups excluding carboxylic acids is 4. The molecule has 254 valence electrons. The summed E-state index contributed by atoms with van der Waals surface area (Å²) < 4.78 is 20.3. The van der Waals surface area contributed by atoms with Crippen molar-refractivity contribution in [2.45, 2.75) is 51.4 Å². The second-order valence-electron chi connectivity index (χ2n) is 12.9. The Morgan fingerprint density at radius 1 is 1.06 bits per heavy atom. The van der Waals surface area contributed by atoms with Gasteiger partial charge in [0.1, 0.15) is 5.82 Å². The van der Waals surface area contributed by atoms with E-state index in [2.05, 4.69) is 31.9 Å². The van der Waals surface area contributed by atoms with Crippen LogP contribution in [0.2, 0.25) is 5.02 Å². The number of ether oxygens (including phenoxy) is 1. The Bertz CT molecular complexity index is 1800. The number of benzene rings is 2. The van der Waals surface area contributed by atoms with Crippen LogP contribution in [0.4, 0.5) is 10.1 Å². The topological polar surface area (TPSA) is 142 Å². The van der Waals surface area contributed by atoms with Gasteiger partial charge in [0.15, 0.2) is 11.5 Å². The van der Waals surface area contributed by atoms with Crippen molar-refractivity contribution < 1.29 is 43.3 Å². The van der Waals surface area contributed by atoms with Gasteiger partial charge in [-0.15, -0.1) is 0 Å². The maximum Gasteiger partial charge on any atom is 0.303 e. The summed E-state index contributed by atoms with van der Waals surface area (Å²) in [5, 5.41) is 19.4. The van der Waals surface area contributed by atoms with Crippen LogP contribution in [0, 0.1) is 34.9 Å². The number of nitrogens with zero attached hydrogens (tertiary/aromatic N) is 2. The molecule has 6 atom stereocenters. The van der Waals surface area contributed by atoms with Gasteiger partial charge in [0.2, 0.25) is 23.6 Å². The van der Waals surface area contributed by atoms with Crippen molar-refractivity contribution in [3.63, 3.8) is 0 Å². The van der Waals surface area contributed by atoms with Crippen LogP contribution >= 0.6 is 43.5 Å². The summed E-state index contributed by atoms with van der Waals surface area (Å²) in [6, 6.07) is 5.24. The fourth-order valence-corrected chi connectivity index (χ4v) is 9.35. The van der Waals surface area contributed by atoms with Crippen LogP contribution in [0.15, 0.2) is 44.9 Å². The molecule has 2 aliphatic carbocycles. The van der Waals surface area contributed by atoms with Crippen LogP contribution in [-0.2, 0) is 24.0 Å². The third-order valence-corrected chi connectivity index (χ3v) is 13.0. The molecule has 2 aromatic carbocycles. The van der Waals surface area contributed by atoms with Crippen molar-refractivity contribution in [3.8, 4) is 11.5 Å². The molecule has 3 fully saturated rings. The van der Waals surface area contributed by atoms with Crippen LogP contribution in [0.5, 0.6) is 11.5 Å². The van der Waals surface area contributed by atoms with E-state index in [0.29, 0.717) is 29.3 Å². The van der Waals surface area contributed by atoms with Gasteiger partial charge in [-0.05, 0) is 100 Å². The van der Waals surface area contributed by atoms with Crippen LogP contribution in [0.1, 0.15) is 56.9 Å². The van der Waals surface area contributed by atoms with E-state index >= 15 is 0 Å². The number of aromatic hydroxyl groups is 1. The zero-order valence-electron chi connectivity index (χ0n) is 26.0. The standard InChI is InChI=1S/C34H32Br2ClFN2O8/c1-34-20(31(45)40(33(34)47)15-7-10-22(38)21(37)12-15)13-18-16(26(34)19-14-23(48-2)29(43)28(36)27(19)35)8-9-17-25(18)32(46)39(30(17)44)11-5-3-4-6-24(41)42/h7-8,10,12,14,17-18,20,25-26,43H,3-6,9,11,13H2,1-2H3,(H,41,42). The van der Waals surface area contributed by atoms with Crippen molar-refractivity contribution in [1.82, 2.24) is 4.90 Å². The largest absolute Gasteiger partial charge is 0.503 e. The molecule has 48 heavy (non-hydrogen) atoms. The minimum atomic E-state index is -1.40. The third kappa shape index (κ3) is 5.27. The monoisotopic (exact) mass is 808 g/mol. The van der Waals surface area contributed by atoms with Gasteiger partial charge in [-0.3, -0.25) is 28.9 Å². The number of anilines is 1. The van der Waals surface area contributed by atoms with Gasteiger partial charge >= 0.3 is 5.97 Å². The number of phenols is 1. The normalized spacial score (nSPS) is 28.0. The molecule has 2 N–H and O–H groups in total. The Kier molecular flexibility index (Phi) is 9.27. The number of amides is 4. The SMILES string of the molecule is COc1cc(C2C3=CCC4C(=O)N(CCCCCC(=O)O)C(=O)C4C3CC3C(=O)N(c4ccc(F)c(Cl)c4)C(=O)C32C)c(Br)c(Br)c1O. The molecule has 1 saturated carbocycles. The first-order chi connectivity index (χ1) is 22.7. The maximum atomic E-state index is 14.6. The lowest BCUT2D eigenvalue weighted by Gasteiger charge is -2.49. The highest BCUT2D eigenvalue weighted by molar-refractivity contribution is 9.13. The van der Waals surface area contributed by atoms with E-state index in [-0.39, 0.29) is 64.3 Å². The molecule has 2 aliphatic heterocycles. The summed E-state index contributed by atoms with van der Waals surface area (Å²) in [4.78, 5) is 69.9. The van der Waals surface area contributed by atoms with Crippen LogP contribution in [-0.4, -0.2) is 58.4 Å². The number of allylic oxidation sites excluding steroid dienone is 2. The highest BCUT2D eigenvalue weighted by Crippen LogP contribution is 2.65. The first-order valence-electron chi connectivity index (χ1n) is 15.6. The molecule has 0 spiro atoms. The number of imide groups is 2. The Morgan fingerprint density at radius 2 is 1.79 bits per heavy atom. The van der Waals surface area contributed by atoms with Crippen LogP contribution in [0.25, 0.3) is 0 Å². The number of phenolic OH excluding ortho intramolecular Hbond substituents is 1. The number of unbranched alkanes of at least 4 members (excludes halogenated alkanes) is 2. The van der Waals surface area contributed by atoms with Gasteiger partial charge in [-0.1, -0.05) is 29.7 Å². The average molecular weight is 811 g/mol. The highest BCUT2D eigenvalue weighted by atomic mass is 79.9. The number of carbonyl (C=O) groups is 5. The average Bonchev–Trinajstić information content (AvgIpc) is 3.41.